The molecule has 0 bridgehead atoms. The summed E-state index contributed by atoms with van der Waals surface area (Å²) in [5.74, 6) is 1.22. The third-order valence-corrected chi connectivity index (χ3v) is 5.46. The van der Waals surface area contributed by atoms with Crippen molar-refractivity contribution in [1.29, 1.82) is 0 Å². The maximum Gasteiger partial charge on any atom is 0.321 e. The van der Waals surface area contributed by atoms with Crippen molar-refractivity contribution in [3.63, 3.8) is 0 Å². The minimum absolute atomic E-state index is 0.0167. The Bertz CT molecular complexity index is 659. The first-order valence-corrected chi connectivity index (χ1v) is 8.64. The Kier molecular flexibility index (Phi) is 4.80. The SMILES string of the molecule is COc1ccc(NC(=O)N(C)C2CCS(=O)(=O)C2)cc1OC. The zero-order valence-electron chi connectivity index (χ0n) is 12.8. The molecule has 1 N–H and O–H groups in total. The molecule has 1 aromatic carbocycles. The number of benzene rings is 1. The molecule has 0 saturated carbocycles. The van der Waals surface area contributed by atoms with Crippen LogP contribution < -0.4 is 14.8 Å². The summed E-state index contributed by atoms with van der Waals surface area (Å²) < 4.78 is 33.3. The Morgan fingerprint density at radius 3 is 2.50 bits per heavy atom. The average molecular weight is 328 g/mol. The predicted molar refractivity (Wildman–Crippen MR) is 83.4 cm³/mol. The second-order valence-corrected chi connectivity index (χ2v) is 7.40. The quantitative estimate of drug-likeness (QED) is 0.902. The lowest BCUT2D eigenvalue weighted by Crippen LogP contribution is -2.40. The van der Waals surface area contributed by atoms with E-state index in [2.05, 4.69) is 5.32 Å². The molecule has 8 heteroatoms. The molecule has 1 atom stereocenters. The summed E-state index contributed by atoms with van der Waals surface area (Å²) in [4.78, 5) is 13.6. The minimum Gasteiger partial charge on any atom is -0.493 e. The molecule has 2 amide bonds. The van der Waals surface area contributed by atoms with Crippen LogP contribution in [0.4, 0.5) is 10.5 Å². The van der Waals surface area contributed by atoms with Gasteiger partial charge in [-0.1, -0.05) is 0 Å². The largest absolute Gasteiger partial charge is 0.493 e. The minimum atomic E-state index is -3.02. The summed E-state index contributed by atoms with van der Waals surface area (Å²) in [6.07, 6.45) is 0.470. The highest BCUT2D eigenvalue weighted by atomic mass is 32.2. The molecule has 22 heavy (non-hydrogen) atoms. The number of anilines is 1. The van der Waals surface area contributed by atoms with Crippen LogP contribution in [0.15, 0.2) is 18.2 Å². The normalized spacial score (nSPS) is 19.5. The van der Waals surface area contributed by atoms with E-state index >= 15 is 0 Å². The van der Waals surface area contributed by atoms with Gasteiger partial charge in [0.25, 0.3) is 0 Å². The number of nitrogens with zero attached hydrogens (tertiary/aromatic N) is 1. The Hall–Kier alpha value is -1.96. The Morgan fingerprint density at radius 2 is 1.95 bits per heavy atom. The number of sulfone groups is 1. The van der Waals surface area contributed by atoms with Crippen LogP contribution in [0.1, 0.15) is 6.42 Å². The molecule has 2 rings (SSSR count). The lowest BCUT2D eigenvalue weighted by molar-refractivity contribution is 0.209. The third kappa shape index (κ3) is 3.62. The number of methoxy groups -OCH3 is 2. The van der Waals surface area contributed by atoms with Crippen molar-refractivity contribution >= 4 is 21.6 Å². The fourth-order valence-electron chi connectivity index (χ4n) is 2.37. The van der Waals surface area contributed by atoms with Gasteiger partial charge in [0.05, 0.1) is 25.7 Å². The Morgan fingerprint density at radius 1 is 1.27 bits per heavy atom. The number of ether oxygens (including phenoxy) is 2. The van der Waals surface area contributed by atoms with Gasteiger partial charge in [0.1, 0.15) is 0 Å². The van der Waals surface area contributed by atoms with E-state index in [0.717, 1.165) is 0 Å². The first kappa shape index (κ1) is 16.4. The first-order valence-electron chi connectivity index (χ1n) is 6.82. The van der Waals surface area contributed by atoms with E-state index in [1.165, 1.54) is 19.1 Å². The molecule has 7 nitrogen and oxygen atoms in total. The van der Waals surface area contributed by atoms with Crippen LogP contribution in [0.3, 0.4) is 0 Å². The van der Waals surface area contributed by atoms with Gasteiger partial charge in [-0.15, -0.1) is 0 Å². The van der Waals surface area contributed by atoms with Crippen LogP contribution in [0.25, 0.3) is 0 Å². The summed E-state index contributed by atoms with van der Waals surface area (Å²) in [6, 6.07) is 4.39. The van der Waals surface area contributed by atoms with Gasteiger partial charge in [0.2, 0.25) is 0 Å². The molecular weight excluding hydrogens is 308 g/mol. The van der Waals surface area contributed by atoms with E-state index in [1.54, 1.807) is 25.2 Å². The van der Waals surface area contributed by atoms with Crippen molar-refractivity contribution < 1.29 is 22.7 Å². The standard InChI is InChI=1S/C14H20N2O5S/c1-16(11-6-7-22(18,19)9-11)14(17)15-10-4-5-12(20-2)13(8-10)21-3/h4-5,8,11H,6-7,9H2,1-3H3,(H,15,17). The summed E-state index contributed by atoms with van der Waals surface area (Å²) >= 11 is 0. The molecular formula is C14H20N2O5S. The van der Waals surface area contributed by atoms with E-state index in [-0.39, 0.29) is 23.6 Å². The summed E-state index contributed by atoms with van der Waals surface area (Å²) in [7, 11) is 1.62. The van der Waals surface area contributed by atoms with Gasteiger partial charge in [0.15, 0.2) is 21.3 Å². The van der Waals surface area contributed by atoms with E-state index < -0.39 is 9.84 Å². The van der Waals surface area contributed by atoms with Crippen LogP contribution in [-0.4, -0.2) is 58.2 Å². The van der Waals surface area contributed by atoms with E-state index in [9.17, 15) is 13.2 Å². The lowest BCUT2D eigenvalue weighted by Gasteiger charge is -2.23. The number of urea groups is 1. The molecule has 1 unspecified atom stereocenters. The number of hydrogen-bond acceptors (Lipinski definition) is 5. The average Bonchev–Trinajstić information content (AvgIpc) is 2.86. The van der Waals surface area contributed by atoms with Crippen LogP contribution in [0.5, 0.6) is 11.5 Å². The van der Waals surface area contributed by atoms with Gasteiger partial charge in [-0.25, -0.2) is 13.2 Å². The van der Waals surface area contributed by atoms with Crippen molar-refractivity contribution in [2.75, 3.05) is 38.1 Å². The predicted octanol–water partition coefficient (Wildman–Crippen LogP) is 1.35. The second kappa shape index (κ2) is 6.43. The fourth-order valence-corrected chi connectivity index (χ4v) is 4.15. The third-order valence-electron chi connectivity index (χ3n) is 3.71. The fraction of sp³-hybridized carbons (Fsp3) is 0.500. The smallest absolute Gasteiger partial charge is 0.321 e. The van der Waals surface area contributed by atoms with E-state index in [1.807, 2.05) is 0 Å². The number of carbonyl (C=O) groups excluding carboxylic acids is 1. The monoisotopic (exact) mass is 328 g/mol. The molecule has 0 radical (unpaired) electrons. The number of nitrogens with one attached hydrogen (secondary N) is 1. The number of carbonyl (C=O) groups is 1. The van der Waals surface area contributed by atoms with Crippen molar-refractivity contribution in [3.05, 3.63) is 18.2 Å². The molecule has 1 aliphatic rings. The molecule has 1 aliphatic heterocycles. The van der Waals surface area contributed by atoms with Crippen molar-refractivity contribution in [1.82, 2.24) is 4.90 Å². The van der Waals surface area contributed by atoms with Crippen LogP contribution >= 0.6 is 0 Å². The molecule has 1 heterocycles. The maximum absolute atomic E-state index is 12.2. The molecule has 1 aromatic rings. The van der Waals surface area contributed by atoms with Crippen LogP contribution in [-0.2, 0) is 9.84 Å². The molecule has 0 aliphatic carbocycles. The molecule has 0 spiro atoms. The summed E-state index contributed by atoms with van der Waals surface area (Å²) in [6.45, 7) is 0. The highest BCUT2D eigenvalue weighted by Crippen LogP contribution is 2.30. The maximum atomic E-state index is 12.2. The second-order valence-electron chi connectivity index (χ2n) is 5.17. The zero-order chi connectivity index (χ0) is 16.3. The number of rotatable bonds is 4. The molecule has 1 saturated heterocycles. The van der Waals surface area contributed by atoms with Crippen molar-refractivity contribution in [2.45, 2.75) is 12.5 Å². The Balaban J connectivity index is 2.05. The lowest BCUT2D eigenvalue weighted by atomic mass is 10.2. The molecule has 0 aromatic heterocycles. The highest BCUT2D eigenvalue weighted by molar-refractivity contribution is 7.91. The highest BCUT2D eigenvalue weighted by Gasteiger charge is 2.32. The topological polar surface area (TPSA) is 84.9 Å². The molecule has 122 valence electrons. The van der Waals surface area contributed by atoms with Gasteiger partial charge in [0, 0.05) is 24.8 Å². The summed E-state index contributed by atoms with van der Waals surface area (Å²) in [5, 5.41) is 2.73. The summed E-state index contributed by atoms with van der Waals surface area (Å²) in [5.41, 5.74) is 0.551. The van der Waals surface area contributed by atoms with E-state index in [0.29, 0.717) is 23.6 Å². The Labute approximate surface area is 130 Å². The zero-order valence-corrected chi connectivity index (χ0v) is 13.6. The molecule has 1 fully saturated rings. The van der Waals surface area contributed by atoms with Gasteiger partial charge in [-0.2, -0.15) is 0 Å². The van der Waals surface area contributed by atoms with Crippen LogP contribution in [0, 0.1) is 0 Å². The van der Waals surface area contributed by atoms with Gasteiger partial charge >= 0.3 is 6.03 Å². The number of amides is 2. The first-order chi connectivity index (χ1) is 10.4. The van der Waals surface area contributed by atoms with Crippen molar-refractivity contribution in [2.24, 2.45) is 0 Å². The van der Waals surface area contributed by atoms with Gasteiger partial charge in [-0.3, -0.25) is 0 Å². The van der Waals surface area contributed by atoms with Crippen molar-refractivity contribution in [3.8, 4) is 11.5 Å². The van der Waals surface area contributed by atoms with Crippen LogP contribution in [0.2, 0.25) is 0 Å². The van der Waals surface area contributed by atoms with Gasteiger partial charge in [-0.05, 0) is 18.6 Å². The number of hydrogen-bond donors (Lipinski definition) is 1. The van der Waals surface area contributed by atoms with Gasteiger partial charge < -0.3 is 19.7 Å². The van der Waals surface area contributed by atoms with E-state index in [4.69, 9.17) is 9.47 Å².